The first kappa shape index (κ1) is 12.0. The highest BCUT2D eigenvalue weighted by Crippen LogP contribution is 2.44. The summed E-state index contributed by atoms with van der Waals surface area (Å²) in [6.45, 7) is 4.42. The summed E-state index contributed by atoms with van der Waals surface area (Å²) < 4.78 is 0. The van der Waals surface area contributed by atoms with Gasteiger partial charge in [-0.1, -0.05) is 46.0 Å². The van der Waals surface area contributed by atoms with Crippen molar-refractivity contribution in [2.24, 2.45) is 5.41 Å². The van der Waals surface area contributed by atoms with Gasteiger partial charge in [-0.3, -0.25) is 0 Å². The van der Waals surface area contributed by atoms with E-state index in [0.717, 1.165) is 12.8 Å². The minimum Gasteiger partial charge on any atom is -0.393 e. The van der Waals surface area contributed by atoms with Crippen LogP contribution in [0.15, 0.2) is 0 Å². The molecule has 1 saturated carbocycles. The van der Waals surface area contributed by atoms with Crippen LogP contribution in [0.2, 0.25) is 0 Å². The van der Waals surface area contributed by atoms with Crippen LogP contribution in [0.3, 0.4) is 0 Å². The molecule has 1 atom stereocenters. The molecule has 1 rings (SSSR count). The zero-order valence-corrected chi connectivity index (χ0v) is 9.89. The molecule has 0 amide bonds. The van der Waals surface area contributed by atoms with Crippen LogP contribution in [0.1, 0.15) is 71.6 Å². The van der Waals surface area contributed by atoms with E-state index in [0.29, 0.717) is 5.41 Å². The van der Waals surface area contributed by atoms with E-state index in [4.69, 9.17) is 0 Å². The van der Waals surface area contributed by atoms with E-state index in [9.17, 15) is 5.11 Å². The fraction of sp³-hybridized carbons (Fsp3) is 1.00. The maximum atomic E-state index is 10.3. The lowest BCUT2D eigenvalue weighted by molar-refractivity contribution is -0.0165. The topological polar surface area (TPSA) is 20.2 Å². The molecule has 84 valence electrons. The molecule has 14 heavy (non-hydrogen) atoms. The first-order chi connectivity index (χ1) is 6.75. The van der Waals surface area contributed by atoms with Gasteiger partial charge in [0.2, 0.25) is 0 Å². The molecule has 1 heteroatoms. The highest BCUT2D eigenvalue weighted by Gasteiger charge is 2.37. The molecule has 0 spiro atoms. The van der Waals surface area contributed by atoms with E-state index in [-0.39, 0.29) is 6.10 Å². The van der Waals surface area contributed by atoms with Crippen LogP contribution < -0.4 is 0 Å². The van der Waals surface area contributed by atoms with Gasteiger partial charge in [-0.25, -0.2) is 0 Å². The first-order valence-corrected chi connectivity index (χ1v) is 6.43. The quantitative estimate of drug-likeness (QED) is 0.710. The Balaban J connectivity index is 2.58. The summed E-state index contributed by atoms with van der Waals surface area (Å²) >= 11 is 0. The molecule has 0 aromatic rings. The van der Waals surface area contributed by atoms with Gasteiger partial charge in [-0.05, 0) is 31.1 Å². The largest absolute Gasteiger partial charge is 0.393 e. The predicted molar refractivity (Wildman–Crippen MR) is 61.3 cm³/mol. The lowest BCUT2D eigenvalue weighted by atomic mass is 9.66. The average Bonchev–Trinajstić information content (AvgIpc) is 2.20. The molecule has 0 saturated heterocycles. The van der Waals surface area contributed by atoms with Gasteiger partial charge in [0, 0.05) is 0 Å². The third-order valence-corrected chi connectivity index (χ3v) is 3.87. The Morgan fingerprint density at radius 2 is 1.71 bits per heavy atom. The second-order valence-electron chi connectivity index (χ2n) is 4.98. The highest BCUT2D eigenvalue weighted by molar-refractivity contribution is 4.88. The Morgan fingerprint density at radius 3 is 2.21 bits per heavy atom. The molecule has 1 unspecified atom stereocenters. The summed E-state index contributed by atoms with van der Waals surface area (Å²) in [5.41, 5.74) is 0.295. The summed E-state index contributed by atoms with van der Waals surface area (Å²) in [6.07, 6.45) is 11.1. The van der Waals surface area contributed by atoms with Crippen LogP contribution in [0.25, 0.3) is 0 Å². The van der Waals surface area contributed by atoms with E-state index in [2.05, 4.69) is 13.8 Å². The van der Waals surface area contributed by atoms with Crippen molar-refractivity contribution in [3.63, 3.8) is 0 Å². The predicted octanol–water partition coefficient (Wildman–Crippen LogP) is 3.90. The maximum absolute atomic E-state index is 10.3. The van der Waals surface area contributed by atoms with Gasteiger partial charge >= 0.3 is 0 Å². The maximum Gasteiger partial charge on any atom is 0.0596 e. The highest BCUT2D eigenvalue weighted by atomic mass is 16.3. The van der Waals surface area contributed by atoms with E-state index in [1.54, 1.807) is 0 Å². The molecule has 1 aliphatic carbocycles. The van der Waals surface area contributed by atoms with Gasteiger partial charge in [0.25, 0.3) is 0 Å². The molecule has 1 aliphatic rings. The molecule has 0 aromatic carbocycles. The Hall–Kier alpha value is -0.0400. The van der Waals surface area contributed by atoms with E-state index in [1.165, 1.54) is 44.9 Å². The number of rotatable bonds is 5. The van der Waals surface area contributed by atoms with Crippen molar-refractivity contribution in [1.82, 2.24) is 0 Å². The van der Waals surface area contributed by atoms with Gasteiger partial charge in [-0.2, -0.15) is 0 Å². The number of aliphatic hydroxyl groups excluding tert-OH is 1. The van der Waals surface area contributed by atoms with Crippen LogP contribution in [0, 0.1) is 5.41 Å². The molecular formula is C13H26O. The molecule has 0 aromatic heterocycles. The number of aliphatic hydroxyl groups is 1. The van der Waals surface area contributed by atoms with Crippen molar-refractivity contribution in [2.75, 3.05) is 0 Å². The van der Waals surface area contributed by atoms with Crippen molar-refractivity contribution in [3.8, 4) is 0 Å². The molecular weight excluding hydrogens is 172 g/mol. The number of hydrogen-bond acceptors (Lipinski definition) is 1. The van der Waals surface area contributed by atoms with Crippen molar-refractivity contribution in [1.29, 1.82) is 0 Å². The van der Waals surface area contributed by atoms with Crippen LogP contribution in [-0.2, 0) is 0 Å². The Kier molecular flexibility index (Phi) is 4.94. The van der Waals surface area contributed by atoms with E-state index in [1.807, 2.05) is 0 Å². The summed E-state index contributed by atoms with van der Waals surface area (Å²) in [6, 6.07) is 0. The van der Waals surface area contributed by atoms with Crippen molar-refractivity contribution < 1.29 is 5.11 Å². The first-order valence-electron chi connectivity index (χ1n) is 6.43. The minimum absolute atomic E-state index is 0.0345. The molecule has 0 radical (unpaired) electrons. The Morgan fingerprint density at radius 1 is 1.07 bits per heavy atom. The molecule has 1 fully saturated rings. The van der Waals surface area contributed by atoms with Crippen LogP contribution in [0.5, 0.6) is 0 Å². The van der Waals surface area contributed by atoms with Crippen LogP contribution in [0.4, 0.5) is 0 Å². The second kappa shape index (κ2) is 5.75. The summed E-state index contributed by atoms with van der Waals surface area (Å²) in [5, 5.41) is 10.3. The molecule has 1 N–H and O–H groups in total. The monoisotopic (exact) mass is 198 g/mol. The van der Waals surface area contributed by atoms with Gasteiger partial charge in [0.05, 0.1) is 6.10 Å². The second-order valence-corrected chi connectivity index (χ2v) is 4.98. The molecule has 1 nitrogen and oxygen atoms in total. The van der Waals surface area contributed by atoms with E-state index >= 15 is 0 Å². The molecule has 0 bridgehead atoms. The van der Waals surface area contributed by atoms with E-state index < -0.39 is 0 Å². The molecule has 0 aliphatic heterocycles. The average molecular weight is 198 g/mol. The van der Waals surface area contributed by atoms with Crippen LogP contribution >= 0.6 is 0 Å². The van der Waals surface area contributed by atoms with Gasteiger partial charge in [0.1, 0.15) is 0 Å². The zero-order valence-electron chi connectivity index (χ0n) is 9.89. The minimum atomic E-state index is -0.0345. The fourth-order valence-electron chi connectivity index (χ4n) is 3.08. The number of hydrogen-bond donors (Lipinski definition) is 1. The van der Waals surface area contributed by atoms with Gasteiger partial charge < -0.3 is 5.11 Å². The summed E-state index contributed by atoms with van der Waals surface area (Å²) in [7, 11) is 0. The summed E-state index contributed by atoms with van der Waals surface area (Å²) in [4.78, 5) is 0. The lowest BCUT2D eigenvalue weighted by Gasteiger charge is -2.41. The summed E-state index contributed by atoms with van der Waals surface area (Å²) in [5.74, 6) is 0. The van der Waals surface area contributed by atoms with Crippen LogP contribution in [-0.4, -0.2) is 11.2 Å². The molecule has 0 heterocycles. The fourth-order valence-corrected chi connectivity index (χ4v) is 3.08. The third kappa shape index (κ3) is 2.73. The normalized spacial score (nSPS) is 23.4. The SMILES string of the molecule is CCCC(O)C1(CCC)CCCCC1. The van der Waals surface area contributed by atoms with Crippen molar-refractivity contribution in [2.45, 2.75) is 77.7 Å². The van der Waals surface area contributed by atoms with Crippen molar-refractivity contribution >= 4 is 0 Å². The van der Waals surface area contributed by atoms with Crippen molar-refractivity contribution in [3.05, 3.63) is 0 Å². The zero-order chi connectivity index (χ0) is 10.4. The lowest BCUT2D eigenvalue weighted by Crippen LogP contribution is -2.37. The standard InChI is InChI=1S/C13H26O/c1-3-8-12(14)13(9-4-2)10-6-5-7-11-13/h12,14H,3-11H2,1-2H3. The Labute approximate surface area is 88.9 Å². The van der Waals surface area contributed by atoms with Gasteiger partial charge in [0.15, 0.2) is 0 Å². The third-order valence-electron chi connectivity index (χ3n) is 3.87. The smallest absolute Gasteiger partial charge is 0.0596 e. The Bertz CT molecular complexity index is 142. The van der Waals surface area contributed by atoms with Gasteiger partial charge in [-0.15, -0.1) is 0 Å².